The van der Waals surface area contributed by atoms with Crippen LogP contribution in [-0.4, -0.2) is 29.8 Å². The Morgan fingerprint density at radius 1 is 1.00 bits per heavy atom. The van der Waals surface area contributed by atoms with Crippen LogP contribution in [0, 0.1) is 5.92 Å². The molecule has 1 fully saturated rings. The Hall–Kier alpha value is -2.08. The van der Waals surface area contributed by atoms with E-state index in [0.717, 1.165) is 38.0 Å². The molecule has 2 amide bonds. The molecule has 5 nitrogen and oxygen atoms in total. The van der Waals surface area contributed by atoms with Gasteiger partial charge >= 0.3 is 0 Å². The van der Waals surface area contributed by atoms with Crippen molar-refractivity contribution in [2.24, 2.45) is 5.92 Å². The van der Waals surface area contributed by atoms with Gasteiger partial charge in [0.05, 0.1) is 10.0 Å². The van der Waals surface area contributed by atoms with Gasteiger partial charge in [0.15, 0.2) is 0 Å². The molecule has 1 aliphatic rings. The minimum absolute atomic E-state index is 0.0190. The van der Waals surface area contributed by atoms with Crippen molar-refractivity contribution in [2.45, 2.75) is 26.3 Å². The summed E-state index contributed by atoms with van der Waals surface area (Å²) in [6, 6.07) is 12.9. The smallest absolute Gasteiger partial charge is 0.227 e. The van der Waals surface area contributed by atoms with Crippen LogP contribution in [0.2, 0.25) is 10.0 Å². The third-order valence-corrected chi connectivity index (χ3v) is 5.54. The molecule has 0 bridgehead atoms. The van der Waals surface area contributed by atoms with Crippen LogP contribution in [0.3, 0.4) is 0 Å². The molecule has 2 aromatic carbocycles. The van der Waals surface area contributed by atoms with Crippen molar-refractivity contribution in [2.75, 3.05) is 23.7 Å². The number of benzene rings is 2. The molecule has 0 radical (unpaired) electrons. The van der Waals surface area contributed by atoms with Gasteiger partial charge in [-0.3, -0.25) is 14.5 Å². The first kappa shape index (κ1) is 20.6. The van der Waals surface area contributed by atoms with E-state index in [0.29, 0.717) is 21.4 Å². The summed E-state index contributed by atoms with van der Waals surface area (Å²) in [5.74, 6) is -0.138. The molecule has 2 aromatic rings. The molecule has 1 saturated heterocycles. The van der Waals surface area contributed by atoms with E-state index in [1.807, 2.05) is 24.3 Å². The van der Waals surface area contributed by atoms with E-state index < -0.39 is 0 Å². The van der Waals surface area contributed by atoms with Gasteiger partial charge in [0.2, 0.25) is 11.8 Å². The van der Waals surface area contributed by atoms with E-state index in [4.69, 9.17) is 23.2 Å². The van der Waals surface area contributed by atoms with Crippen LogP contribution >= 0.6 is 23.2 Å². The number of hydrogen-bond acceptors (Lipinski definition) is 3. The first-order valence-electron chi connectivity index (χ1n) is 9.25. The fraction of sp³-hybridized carbons (Fsp3) is 0.333. The molecule has 0 aliphatic carbocycles. The van der Waals surface area contributed by atoms with Crippen molar-refractivity contribution in [3.8, 4) is 0 Å². The highest BCUT2D eigenvalue weighted by molar-refractivity contribution is 6.42. The first-order valence-corrected chi connectivity index (χ1v) is 10.0. The molecule has 0 atom stereocenters. The lowest BCUT2D eigenvalue weighted by molar-refractivity contribution is -0.121. The van der Waals surface area contributed by atoms with E-state index in [-0.39, 0.29) is 17.7 Å². The minimum atomic E-state index is -0.141. The lowest BCUT2D eigenvalue weighted by Crippen LogP contribution is -2.37. The van der Waals surface area contributed by atoms with Crippen molar-refractivity contribution in [1.29, 1.82) is 0 Å². The molecule has 148 valence electrons. The van der Waals surface area contributed by atoms with Crippen LogP contribution in [0.15, 0.2) is 42.5 Å². The molecular weight excluding hydrogens is 397 g/mol. The number of halogens is 2. The largest absolute Gasteiger partial charge is 0.326 e. The summed E-state index contributed by atoms with van der Waals surface area (Å²) in [4.78, 5) is 26.1. The normalized spacial score (nSPS) is 15.2. The maximum Gasteiger partial charge on any atom is 0.227 e. The van der Waals surface area contributed by atoms with Gasteiger partial charge < -0.3 is 10.6 Å². The molecule has 0 saturated carbocycles. The van der Waals surface area contributed by atoms with Crippen LogP contribution < -0.4 is 10.6 Å². The Kier molecular flexibility index (Phi) is 6.94. The fourth-order valence-corrected chi connectivity index (χ4v) is 3.69. The maximum absolute atomic E-state index is 12.6. The topological polar surface area (TPSA) is 61.4 Å². The van der Waals surface area contributed by atoms with Gasteiger partial charge in [-0.2, -0.15) is 0 Å². The van der Waals surface area contributed by atoms with E-state index in [9.17, 15) is 9.59 Å². The summed E-state index contributed by atoms with van der Waals surface area (Å²) < 4.78 is 0. The molecule has 0 aromatic heterocycles. The van der Waals surface area contributed by atoms with E-state index in [1.54, 1.807) is 18.2 Å². The molecule has 1 heterocycles. The fourth-order valence-electron chi connectivity index (χ4n) is 3.37. The molecular formula is C21H23Cl2N3O2. The van der Waals surface area contributed by atoms with Crippen LogP contribution in [0.1, 0.15) is 25.3 Å². The average Bonchev–Trinajstić information content (AvgIpc) is 2.65. The van der Waals surface area contributed by atoms with Gasteiger partial charge in [-0.15, -0.1) is 0 Å². The number of rotatable bonds is 5. The third kappa shape index (κ3) is 5.71. The van der Waals surface area contributed by atoms with Crippen molar-refractivity contribution >= 4 is 46.4 Å². The monoisotopic (exact) mass is 419 g/mol. The van der Waals surface area contributed by atoms with Crippen molar-refractivity contribution < 1.29 is 9.59 Å². The summed E-state index contributed by atoms with van der Waals surface area (Å²) in [5.41, 5.74) is 2.48. The molecule has 28 heavy (non-hydrogen) atoms. The second-order valence-electron chi connectivity index (χ2n) is 7.05. The highest BCUT2D eigenvalue weighted by atomic mass is 35.5. The maximum atomic E-state index is 12.6. The molecule has 0 unspecified atom stereocenters. The standard InChI is InChI=1S/C21H23Cl2N3O2/c1-14(27)24-17-3-2-4-18(12-17)25-21(28)16-7-9-26(10-8-16)13-15-5-6-19(22)20(23)11-15/h2-6,11-12,16H,7-10,13H2,1H3,(H,24,27)(H,25,28). The van der Waals surface area contributed by atoms with Crippen molar-refractivity contribution in [3.63, 3.8) is 0 Å². The summed E-state index contributed by atoms with van der Waals surface area (Å²) in [7, 11) is 0. The van der Waals surface area contributed by atoms with E-state index in [1.165, 1.54) is 6.92 Å². The minimum Gasteiger partial charge on any atom is -0.326 e. The SMILES string of the molecule is CC(=O)Nc1cccc(NC(=O)C2CCN(Cc3ccc(Cl)c(Cl)c3)CC2)c1. The molecule has 0 spiro atoms. The number of nitrogens with zero attached hydrogens (tertiary/aromatic N) is 1. The van der Waals surface area contributed by atoms with Gasteiger partial charge in [-0.1, -0.05) is 35.3 Å². The summed E-state index contributed by atoms with van der Waals surface area (Å²) in [6.07, 6.45) is 1.61. The Bertz CT molecular complexity index is 864. The van der Waals surface area contributed by atoms with Crippen LogP contribution in [0.25, 0.3) is 0 Å². The Morgan fingerprint density at radius 3 is 2.32 bits per heavy atom. The molecule has 2 N–H and O–H groups in total. The lowest BCUT2D eigenvalue weighted by atomic mass is 9.95. The number of anilines is 2. The molecule has 3 rings (SSSR count). The molecule has 1 aliphatic heterocycles. The Labute approximate surface area is 175 Å². The summed E-state index contributed by atoms with van der Waals surface area (Å²) >= 11 is 12.1. The highest BCUT2D eigenvalue weighted by Crippen LogP contribution is 2.25. The lowest BCUT2D eigenvalue weighted by Gasteiger charge is -2.31. The van der Waals surface area contributed by atoms with Crippen molar-refractivity contribution in [3.05, 3.63) is 58.1 Å². The summed E-state index contributed by atoms with van der Waals surface area (Å²) in [5, 5.41) is 6.81. The van der Waals surface area contributed by atoms with Crippen molar-refractivity contribution in [1.82, 2.24) is 4.90 Å². The predicted octanol–water partition coefficient (Wildman–Crippen LogP) is 4.80. The second-order valence-corrected chi connectivity index (χ2v) is 7.86. The van der Waals surface area contributed by atoms with Crippen LogP contribution in [0.5, 0.6) is 0 Å². The zero-order valence-electron chi connectivity index (χ0n) is 15.7. The van der Waals surface area contributed by atoms with Gasteiger partial charge in [-0.05, 0) is 61.8 Å². The van der Waals surface area contributed by atoms with Gasteiger partial charge in [-0.25, -0.2) is 0 Å². The van der Waals surface area contributed by atoms with E-state index >= 15 is 0 Å². The number of likely N-dealkylation sites (tertiary alicyclic amines) is 1. The van der Waals surface area contributed by atoms with Crippen LogP contribution in [-0.2, 0) is 16.1 Å². The zero-order chi connectivity index (χ0) is 20.1. The zero-order valence-corrected chi connectivity index (χ0v) is 17.2. The molecule has 7 heteroatoms. The van der Waals surface area contributed by atoms with Gasteiger partial charge in [0, 0.05) is 30.8 Å². The number of carbonyl (C=O) groups excluding carboxylic acids is 2. The predicted molar refractivity (Wildman–Crippen MR) is 114 cm³/mol. The van der Waals surface area contributed by atoms with Gasteiger partial charge in [0.1, 0.15) is 0 Å². The van der Waals surface area contributed by atoms with Gasteiger partial charge in [0.25, 0.3) is 0 Å². The summed E-state index contributed by atoms with van der Waals surface area (Å²) in [6.45, 7) is 3.95. The number of nitrogens with one attached hydrogen (secondary N) is 2. The third-order valence-electron chi connectivity index (χ3n) is 4.80. The van der Waals surface area contributed by atoms with E-state index in [2.05, 4.69) is 15.5 Å². The number of hydrogen-bond donors (Lipinski definition) is 2. The van der Waals surface area contributed by atoms with Crippen LogP contribution in [0.4, 0.5) is 11.4 Å². The average molecular weight is 420 g/mol. The number of piperidine rings is 1. The highest BCUT2D eigenvalue weighted by Gasteiger charge is 2.25. The second kappa shape index (κ2) is 9.41. The quantitative estimate of drug-likeness (QED) is 0.731. The number of carbonyl (C=O) groups is 2. The Morgan fingerprint density at radius 2 is 1.68 bits per heavy atom. The Balaban J connectivity index is 1.51. The number of amides is 2. The first-order chi connectivity index (χ1) is 13.4.